The highest BCUT2D eigenvalue weighted by molar-refractivity contribution is 7.80. The van der Waals surface area contributed by atoms with Crippen LogP contribution in [0.15, 0.2) is 42.5 Å². The number of nitrogens with zero attached hydrogens (tertiary/aromatic N) is 2. The van der Waals surface area contributed by atoms with Crippen LogP contribution >= 0.6 is 35.4 Å². The highest BCUT2D eigenvalue weighted by Gasteiger charge is 2.15. The van der Waals surface area contributed by atoms with Gasteiger partial charge >= 0.3 is 0 Å². The molecule has 0 aliphatic carbocycles. The van der Waals surface area contributed by atoms with Crippen molar-refractivity contribution in [2.75, 3.05) is 25.6 Å². The minimum Gasteiger partial charge on any atom is -0.383 e. The van der Waals surface area contributed by atoms with Gasteiger partial charge in [0, 0.05) is 31.1 Å². The van der Waals surface area contributed by atoms with Gasteiger partial charge in [-0.3, -0.25) is 0 Å². The minimum atomic E-state index is 0.481. The molecule has 0 saturated heterocycles. The summed E-state index contributed by atoms with van der Waals surface area (Å²) in [7, 11) is 1.67. The molecule has 0 unspecified atom stereocenters. The first-order valence-electron chi connectivity index (χ1n) is 9.25. The molecule has 0 atom stereocenters. The Morgan fingerprint density at radius 2 is 1.93 bits per heavy atom. The maximum Gasteiger partial charge on any atom is 0.173 e. The number of ether oxygens (including phenoxy) is 1. The number of aromatic nitrogens is 1. The van der Waals surface area contributed by atoms with Gasteiger partial charge in [-0.05, 0) is 55.4 Å². The molecule has 0 aliphatic heterocycles. The molecule has 0 aliphatic rings. The molecule has 0 radical (unpaired) electrons. The molecule has 1 N–H and O–H groups in total. The van der Waals surface area contributed by atoms with E-state index >= 15 is 0 Å². The van der Waals surface area contributed by atoms with Gasteiger partial charge in [-0.25, -0.2) is 4.98 Å². The Hall–Kier alpha value is -1.92. The number of hydrogen-bond donors (Lipinski definition) is 1. The fourth-order valence-corrected chi connectivity index (χ4v) is 3.68. The topological polar surface area (TPSA) is 37.4 Å². The number of methoxy groups -OCH3 is 1. The van der Waals surface area contributed by atoms with Crippen molar-refractivity contribution in [1.82, 2.24) is 9.88 Å². The summed E-state index contributed by atoms with van der Waals surface area (Å²) in [5, 5.41) is 5.92. The van der Waals surface area contributed by atoms with Crippen LogP contribution < -0.4 is 5.32 Å². The lowest BCUT2D eigenvalue weighted by Gasteiger charge is -2.26. The number of aryl methyl sites for hydroxylation is 2. The predicted molar refractivity (Wildman–Crippen MR) is 126 cm³/mol. The molecule has 7 heteroatoms. The van der Waals surface area contributed by atoms with Gasteiger partial charge in [-0.2, -0.15) is 0 Å². The van der Waals surface area contributed by atoms with Crippen molar-refractivity contribution >= 4 is 57.1 Å². The first kappa shape index (κ1) is 21.8. The van der Waals surface area contributed by atoms with Crippen LogP contribution in [0.25, 0.3) is 10.9 Å². The van der Waals surface area contributed by atoms with Gasteiger partial charge in [0.25, 0.3) is 0 Å². The number of thiocarbonyl (C=S) groups is 1. The fourth-order valence-electron chi connectivity index (χ4n) is 3.03. The van der Waals surface area contributed by atoms with Crippen molar-refractivity contribution < 1.29 is 4.74 Å². The van der Waals surface area contributed by atoms with Crippen molar-refractivity contribution in [1.29, 1.82) is 0 Å². The quantitative estimate of drug-likeness (QED) is 0.370. The summed E-state index contributed by atoms with van der Waals surface area (Å²) in [6.45, 7) is 5.78. The summed E-state index contributed by atoms with van der Waals surface area (Å²) in [5.41, 5.74) is 4.93. The number of anilines is 1. The highest BCUT2D eigenvalue weighted by atomic mass is 35.5. The van der Waals surface area contributed by atoms with E-state index in [1.54, 1.807) is 7.11 Å². The highest BCUT2D eigenvalue weighted by Crippen LogP contribution is 2.26. The normalized spacial score (nSPS) is 10.9. The second kappa shape index (κ2) is 9.72. The SMILES string of the molecule is COCCN(Cc1cc2ccc(C)c(C)c2nc1Cl)C(=S)Nc1ccccc1Cl. The Morgan fingerprint density at radius 3 is 2.66 bits per heavy atom. The summed E-state index contributed by atoms with van der Waals surface area (Å²) >= 11 is 18.4. The van der Waals surface area contributed by atoms with E-state index in [1.165, 1.54) is 5.56 Å². The summed E-state index contributed by atoms with van der Waals surface area (Å²) in [6, 6.07) is 13.7. The molecule has 0 fully saturated rings. The molecule has 0 saturated carbocycles. The molecule has 152 valence electrons. The zero-order chi connectivity index (χ0) is 21.0. The fraction of sp³-hybridized carbons (Fsp3) is 0.273. The lowest BCUT2D eigenvalue weighted by molar-refractivity contribution is 0.175. The van der Waals surface area contributed by atoms with Crippen molar-refractivity contribution in [3.05, 3.63) is 69.3 Å². The molecule has 0 spiro atoms. The number of halogens is 2. The Morgan fingerprint density at radius 1 is 1.17 bits per heavy atom. The third-order valence-electron chi connectivity index (χ3n) is 4.87. The maximum absolute atomic E-state index is 6.54. The first-order chi connectivity index (χ1) is 13.9. The van der Waals surface area contributed by atoms with Crippen molar-refractivity contribution in [2.24, 2.45) is 0 Å². The average Bonchev–Trinajstić information content (AvgIpc) is 2.70. The van der Waals surface area contributed by atoms with E-state index < -0.39 is 0 Å². The third-order valence-corrected chi connectivity index (χ3v) is 5.88. The zero-order valence-electron chi connectivity index (χ0n) is 16.6. The van der Waals surface area contributed by atoms with E-state index in [9.17, 15) is 0 Å². The van der Waals surface area contributed by atoms with Gasteiger partial charge in [-0.1, -0.05) is 47.5 Å². The molecule has 0 bridgehead atoms. The zero-order valence-corrected chi connectivity index (χ0v) is 19.0. The number of benzene rings is 2. The number of nitrogens with one attached hydrogen (secondary N) is 1. The molecule has 3 aromatic rings. The van der Waals surface area contributed by atoms with Gasteiger partial charge in [-0.15, -0.1) is 0 Å². The molecule has 0 amide bonds. The van der Waals surface area contributed by atoms with E-state index in [0.717, 1.165) is 27.7 Å². The number of para-hydroxylation sites is 1. The second-order valence-electron chi connectivity index (χ2n) is 6.84. The van der Waals surface area contributed by atoms with E-state index in [4.69, 9.17) is 40.2 Å². The van der Waals surface area contributed by atoms with Gasteiger partial charge in [0.2, 0.25) is 0 Å². The molecule has 2 aromatic carbocycles. The Labute approximate surface area is 186 Å². The monoisotopic (exact) mass is 447 g/mol. The Kier molecular flexibility index (Phi) is 7.30. The van der Waals surface area contributed by atoms with Gasteiger partial charge < -0.3 is 15.0 Å². The molecule has 29 heavy (non-hydrogen) atoms. The number of rotatable bonds is 6. The Bertz CT molecular complexity index is 1040. The average molecular weight is 448 g/mol. The van der Waals surface area contributed by atoms with Crippen LogP contribution in [0.2, 0.25) is 10.2 Å². The number of hydrogen-bond acceptors (Lipinski definition) is 3. The van der Waals surface area contributed by atoms with Crippen LogP contribution in [-0.2, 0) is 11.3 Å². The minimum absolute atomic E-state index is 0.481. The van der Waals surface area contributed by atoms with E-state index in [1.807, 2.05) is 29.2 Å². The van der Waals surface area contributed by atoms with Crippen molar-refractivity contribution in [3.8, 4) is 0 Å². The largest absolute Gasteiger partial charge is 0.383 e. The van der Waals surface area contributed by atoms with E-state index in [-0.39, 0.29) is 0 Å². The standard InChI is InChI=1S/C22H23Cl2N3OS/c1-14-8-9-16-12-17(21(24)26-20(16)15(14)2)13-27(10-11-28-3)22(29)25-19-7-5-4-6-18(19)23/h4-9,12H,10-11,13H2,1-3H3,(H,25,29). The summed E-state index contributed by atoms with van der Waals surface area (Å²) in [5.74, 6) is 0. The lowest BCUT2D eigenvalue weighted by Crippen LogP contribution is -2.36. The third kappa shape index (κ3) is 5.17. The molecule has 1 aromatic heterocycles. The van der Waals surface area contributed by atoms with Crippen molar-refractivity contribution in [3.63, 3.8) is 0 Å². The van der Waals surface area contributed by atoms with E-state index in [2.05, 4.69) is 42.3 Å². The van der Waals surface area contributed by atoms with Crippen molar-refractivity contribution in [2.45, 2.75) is 20.4 Å². The first-order valence-corrected chi connectivity index (χ1v) is 10.4. The molecule has 1 heterocycles. The summed E-state index contributed by atoms with van der Waals surface area (Å²) in [6.07, 6.45) is 0. The van der Waals surface area contributed by atoms with Crippen LogP contribution in [0, 0.1) is 13.8 Å². The van der Waals surface area contributed by atoms with Gasteiger partial charge in [0.15, 0.2) is 5.11 Å². The summed E-state index contributed by atoms with van der Waals surface area (Å²) < 4.78 is 5.26. The smallest absolute Gasteiger partial charge is 0.173 e. The molecular formula is C22H23Cl2N3OS. The molecule has 4 nitrogen and oxygen atoms in total. The van der Waals surface area contributed by atoms with Gasteiger partial charge in [0.1, 0.15) is 5.15 Å². The molecule has 3 rings (SSSR count). The van der Waals surface area contributed by atoms with Crippen LogP contribution in [0.4, 0.5) is 5.69 Å². The van der Waals surface area contributed by atoms with Crippen LogP contribution in [-0.4, -0.2) is 35.3 Å². The maximum atomic E-state index is 6.54. The lowest BCUT2D eigenvalue weighted by atomic mass is 10.0. The van der Waals surface area contributed by atoms with Gasteiger partial charge in [0.05, 0.1) is 22.8 Å². The Balaban J connectivity index is 1.88. The molecular weight excluding hydrogens is 425 g/mol. The van der Waals surface area contributed by atoms with Crippen LogP contribution in [0.1, 0.15) is 16.7 Å². The predicted octanol–water partition coefficient (Wildman–Crippen LogP) is 6.00. The van der Waals surface area contributed by atoms with Crippen LogP contribution in [0.5, 0.6) is 0 Å². The number of fused-ring (bicyclic) bond motifs is 1. The summed E-state index contributed by atoms with van der Waals surface area (Å²) in [4.78, 5) is 6.65. The van der Waals surface area contributed by atoms with E-state index in [0.29, 0.717) is 35.0 Å². The second-order valence-corrected chi connectivity index (χ2v) is 7.99. The van der Waals surface area contributed by atoms with Crippen LogP contribution in [0.3, 0.4) is 0 Å². The number of pyridine rings is 1.